The summed E-state index contributed by atoms with van der Waals surface area (Å²) in [5.74, 6) is 0.864. The minimum absolute atomic E-state index is 0.0395. The number of nitrogens with one attached hydrogen (secondary N) is 1. The van der Waals surface area contributed by atoms with E-state index in [4.69, 9.17) is 9.47 Å². The fourth-order valence-electron chi connectivity index (χ4n) is 3.53. The monoisotopic (exact) mass is 375 g/mol. The van der Waals surface area contributed by atoms with Crippen molar-refractivity contribution >= 4 is 39.0 Å². The highest BCUT2D eigenvalue weighted by atomic mass is 32.1. The van der Waals surface area contributed by atoms with Gasteiger partial charge in [-0.1, -0.05) is 25.7 Å². The van der Waals surface area contributed by atoms with Gasteiger partial charge in [-0.15, -0.1) is 11.3 Å². The quantitative estimate of drug-likeness (QED) is 0.692. The van der Waals surface area contributed by atoms with E-state index < -0.39 is 5.97 Å². The maximum absolute atomic E-state index is 12.3. The number of anilines is 1. The lowest BCUT2D eigenvalue weighted by molar-refractivity contribution is -0.116. The second-order valence-electron chi connectivity index (χ2n) is 6.63. The number of thiophene rings is 1. The molecular formula is C20H25NO4S. The van der Waals surface area contributed by atoms with Crippen molar-refractivity contribution in [1.82, 2.24) is 0 Å². The summed E-state index contributed by atoms with van der Waals surface area (Å²) in [5, 5.41) is 3.80. The van der Waals surface area contributed by atoms with Gasteiger partial charge in [-0.05, 0) is 37.5 Å². The molecule has 0 saturated heterocycles. The molecule has 1 aromatic heterocycles. The molecule has 6 heteroatoms. The predicted molar refractivity (Wildman–Crippen MR) is 104 cm³/mol. The first-order chi connectivity index (χ1) is 12.6. The van der Waals surface area contributed by atoms with Gasteiger partial charge in [0.05, 0.1) is 13.7 Å². The van der Waals surface area contributed by atoms with Crippen LogP contribution in [0.5, 0.6) is 5.75 Å². The average molecular weight is 375 g/mol. The van der Waals surface area contributed by atoms with Gasteiger partial charge in [0, 0.05) is 22.2 Å². The Morgan fingerprint density at radius 2 is 2.04 bits per heavy atom. The molecular weight excluding hydrogens is 350 g/mol. The molecule has 26 heavy (non-hydrogen) atoms. The number of carbonyl (C=O) groups excluding carboxylic acids is 2. The van der Waals surface area contributed by atoms with Crippen LogP contribution in [0, 0.1) is 5.92 Å². The van der Waals surface area contributed by atoms with Crippen LogP contribution in [0.2, 0.25) is 0 Å². The highest BCUT2D eigenvalue weighted by Crippen LogP contribution is 2.39. The molecule has 1 saturated carbocycles. The normalized spacial score (nSPS) is 14.5. The number of carbonyl (C=O) groups is 2. The summed E-state index contributed by atoms with van der Waals surface area (Å²) in [6.45, 7) is 2.33. The van der Waals surface area contributed by atoms with Crippen molar-refractivity contribution in [3.05, 3.63) is 23.1 Å². The van der Waals surface area contributed by atoms with Crippen molar-refractivity contribution in [3.63, 3.8) is 0 Å². The summed E-state index contributed by atoms with van der Waals surface area (Å²) in [5.41, 5.74) is 0.726. The topological polar surface area (TPSA) is 64.6 Å². The molecule has 1 aliphatic rings. The van der Waals surface area contributed by atoms with E-state index in [0.29, 0.717) is 29.6 Å². The van der Waals surface area contributed by atoms with Gasteiger partial charge in [0.15, 0.2) is 10.6 Å². The Bertz CT molecular complexity index is 792. The van der Waals surface area contributed by atoms with Gasteiger partial charge >= 0.3 is 5.97 Å². The van der Waals surface area contributed by atoms with Gasteiger partial charge in [-0.25, -0.2) is 4.79 Å². The van der Waals surface area contributed by atoms with E-state index in [1.807, 2.05) is 25.1 Å². The van der Waals surface area contributed by atoms with Crippen LogP contribution in [0.3, 0.4) is 0 Å². The van der Waals surface area contributed by atoms with Gasteiger partial charge < -0.3 is 14.8 Å². The lowest BCUT2D eigenvalue weighted by Crippen LogP contribution is -2.12. The Hall–Kier alpha value is -2.08. The van der Waals surface area contributed by atoms with Crippen molar-refractivity contribution in [3.8, 4) is 5.75 Å². The van der Waals surface area contributed by atoms with Gasteiger partial charge in [-0.2, -0.15) is 0 Å². The maximum atomic E-state index is 12.3. The fraction of sp³-hybridized carbons (Fsp3) is 0.500. The lowest BCUT2D eigenvalue weighted by Gasteiger charge is -2.10. The van der Waals surface area contributed by atoms with E-state index in [1.165, 1.54) is 44.1 Å². The van der Waals surface area contributed by atoms with Crippen LogP contribution < -0.4 is 10.1 Å². The standard InChI is InChI=1S/C20H25NO4S/c1-3-25-18-15-12-14(9-10-16(15)26-19(18)20(23)24-2)21-17(22)11-8-13-6-4-5-7-13/h9-10,12-13H,3-8,11H2,1-2H3,(H,21,22). The molecule has 1 heterocycles. The summed E-state index contributed by atoms with van der Waals surface area (Å²) in [6.07, 6.45) is 6.61. The Balaban J connectivity index is 1.75. The van der Waals surface area contributed by atoms with Gasteiger partial charge in [0.1, 0.15) is 0 Å². The molecule has 1 fully saturated rings. The molecule has 2 aromatic rings. The second-order valence-corrected chi connectivity index (χ2v) is 7.69. The largest absolute Gasteiger partial charge is 0.491 e. The molecule has 0 spiro atoms. The van der Waals surface area contributed by atoms with Crippen LogP contribution in [0.15, 0.2) is 18.2 Å². The third-order valence-corrected chi connectivity index (χ3v) is 5.97. The Morgan fingerprint density at radius 3 is 2.73 bits per heavy atom. The minimum Gasteiger partial charge on any atom is -0.491 e. The van der Waals surface area contributed by atoms with Gasteiger partial charge in [0.25, 0.3) is 0 Å². The number of amides is 1. The Labute approximate surface area is 157 Å². The third kappa shape index (κ3) is 4.18. The van der Waals surface area contributed by atoms with Crippen LogP contribution in [-0.2, 0) is 9.53 Å². The molecule has 1 amide bonds. The first kappa shape index (κ1) is 18.7. The number of methoxy groups -OCH3 is 1. The third-order valence-electron chi connectivity index (χ3n) is 4.84. The van der Waals surface area contributed by atoms with Crippen molar-refractivity contribution < 1.29 is 19.1 Å². The van der Waals surface area contributed by atoms with E-state index in [9.17, 15) is 9.59 Å². The number of benzene rings is 1. The summed E-state index contributed by atoms with van der Waals surface area (Å²) < 4.78 is 11.5. The van der Waals surface area contributed by atoms with E-state index >= 15 is 0 Å². The van der Waals surface area contributed by atoms with E-state index in [-0.39, 0.29) is 5.91 Å². The number of fused-ring (bicyclic) bond motifs is 1. The van der Waals surface area contributed by atoms with Crippen molar-refractivity contribution in [2.75, 3.05) is 19.0 Å². The summed E-state index contributed by atoms with van der Waals surface area (Å²) >= 11 is 1.34. The van der Waals surface area contributed by atoms with Crippen LogP contribution in [-0.4, -0.2) is 25.6 Å². The maximum Gasteiger partial charge on any atom is 0.351 e. The molecule has 0 atom stereocenters. The highest BCUT2D eigenvalue weighted by molar-refractivity contribution is 7.21. The average Bonchev–Trinajstić information content (AvgIpc) is 3.28. The van der Waals surface area contributed by atoms with Crippen molar-refractivity contribution in [1.29, 1.82) is 0 Å². The van der Waals surface area contributed by atoms with E-state index in [0.717, 1.165) is 22.2 Å². The SMILES string of the molecule is CCOc1c(C(=O)OC)sc2ccc(NC(=O)CCC3CCCC3)cc12. The second kappa shape index (κ2) is 8.54. The summed E-state index contributed by atoms with van der Waals surface area (Å²) in [7, 11) is 1.36. The van der Waals surface area contributed by atoms with Crippen LogP contribution in [0.4, 0.5) is 5.69 Å². The minimum atomic E-state index is -0.406. The molecule has 0 radical (unpaired) electrons. The molecule has 3 rings (SSSR count). The zero-order chi connectivity index (χ0) is 18.5. The molecule has 0 aliphatic heterocycles. The first-order valence-corrected chi connectivity index (χ1v) is 10.0. The molecule has 140 valence electrons. The number of esters is 1. The molecule has 1 aromatic carbocycles. The lowest BCUT2D eigenvalue weighted by atomic mass is 10.0. The van der Waals surface area contributed by atoms with Crippen LogP contribution >= 0.6 is 11.3 Å². The zero-order valence-electron chi connectivity index (χ0n) is 15.3. The number of hydrogen-bond acceptors (Lipinski definition) is 5. The highest BCUT2D eigenvalue weighted by Gasteiger charge is 2.21. The number of rotatable bonds is 7. The number of ether oxygens (including phenoxy) is 2. The zero-order valence-corrected chi connectivity index (χ0v) is 16.1. The smallest absolute Gasteiger partial charge is 0.351 e. The first-order valence-electron chi connectivity index (χ1n) is 9.20. The van der Waals surface area contributed by atoms with Crippen molar-refractivity contribution in [2.24, 2.45) is 5.92 Å². The molecule has 1 N–H and O–H groups in total. The molecule has 5 nitrogen and oxygen atoms in total. The van der Waals surface area contributed by atoms with E-state index in [2.05, 4.69) is 5.32 Å². The molecule has 1 aliphatic carbocycles. The van der Waals surface area contributed by atoms with Crippen molar-refractivity contribution in [2.45, 2.75) is 45.4 Å². The Kier molecular flexibility index (Phi) is 6.14. The van der Waals surface area contributed by atoms with Gasteiger partial charge in [-0.3, -0.25) is 4.79 Å². The Morgan fingerprint density at radius 1 is 1.27 bits per heavy atom. The van der Waals surface area contributed by atoms with Crippen LogP contribution in [0.25, 0.3) is 10.1 Å². The summed E-state index contributed by atoms with van der Waals surface area (Å²) in [6, 6.07) is 5.64. The predicted octanol–water partition coefficient (Wildman–Crippen LogP) is 5.00. The number of hydrogen-bond donors (Lipinski definition) is 1. The fourth-order valence-corrected chi connectivity index (χ4v) is 4.57. The molecule has 0 bridgehead atoms. The van der Waals surface area contributed by atoms with E-state index in [1.54, 1.807) is 0 Å². The van der Waals surface area contributed by atoms with Crippen LogP contribution in [0.1, 0.15) is 55.1 Å². The molecule has 0 unspecified atom stereocenters. The summed E-state index contributed by atoms with van der Waals surface area (Å²) in [4.78, 5) is 24.7. The van der Waals surface area contributed by atoms with Gasteiger partial charge in [0.2, 0.25) is 5.91 Å².